The zero-order chi connectivity index (χ0) is 38.8. The van der Waals surface area contributed by atoms with Crippen LogP contribution in [0.3, 0.4) is 0 Å². The van der Waals surface area contributed by atoms with Crippen LogP contribution in [0.25, 0.3) is 44.2 Å². The Bertz CT molecular complexity index is 2910. The van der Waals surface area contributed by atoms with Crippen LogP contribution in [0.1, 0.15) is 25.0 Å². The van der Waals surface area contributed by atoms with Crippen molar-refractivity contribution in [3.63, 3.8) is 0 Å². The van der Waals surface area contributed by atoms with Gasteiger partial charge in [0.1, 0.15) is 0 Å². The van der Waals surface area contributed by atoms with E-state index in [1.165, 1.54) is 61.0 Å². The van der Waals surface area contributed by atoms with Gasteiger partial charge in [0.25, 0.3) is 0 Å². The van der Waals surface area contributed by atoms with E-state index < -0.39 is 0 Å². The van der Waals surface area contributed by atoms with Crippen molar-refractivity contribution in [3.05, 3.63) is 217 Å². The van der Waals surface area contributed by atoms with Gasteiger partial charge in [-0.1, -0.05) is 166 Å². The van der Waals surface area contributed by atoms with Crippen LogP contribution >= 0.6 is 0 Å². The van der Waals surface area contributed by atoms with Crippen molar-refractivity contribution in [3.8, 4) is 44.9 Å². The minimum atomic E-state index is -0.324. The molecule has 0 amide bonds. The Morgan fingerprint density at radius 3 is 1.69 bits per heavy atom. The molecule has 276 valence electrons. The summed E-state index contributed by atoms with van der Waals surface area (Å²) in [6.45, 7) is 4.72. The fourth-order valence-electron chi connectivity index (χ4n) is 9.24. The summed E-state index contributed by atoms with van der Waals surface area (Å²) in [6, 6.07) is 74.3. The highest BCUT2D eigenvalue weighted by Crippen LogP contribution is 2.62. The number of benzene rings is 9. The summed E-state index contributed by atoms with van der Waals surface area (Å²) < 4.78 is 6.70. The van der Waals surface area contributed by atoms with Gasteiger partial charge < -0.3 is 14.5 Å². The molecule has 0 spiro atoms. The lowest BCUT2D eigenvalue weighted by Gasteiger charge is -2.46. The second-order valence-corrected chi connectivity index (χ2v) is 15.8. The van der Waals surface area contributed by atoms with Crippen molar-refractivity contribution in [2.75, 3.05) is 9.80 Å². The normalized spacial score (nSPS) is 13.2. The fraction of sp³-hybridized carbons (Fsp3) is 0.0545. The molecule has 2 heterocycles. The number of hydrogen-bond acceptors (Lipinski definition) is 3. The first kappa shape index (κ1) is 33.9. The van der Waals surface area contributed by atoms with Crippen molar-refractivity contribution < 1.29 is 4.74 Å². The van der Waals surface area contributed by atoms with Crippen molar-refractivity contribution in [1.82, 2.24) is 0 Å². The molecule has 9 aromatic rings. The summed E-state index contributed by atoms with van der Waals surface area (Å²) in [5.41, 5.74) is 16.1. The van der Waals surface area contributed by atoms with Gasteiger partial charge in [-0.05, 0) is 104 Å². The molecule has 11 rings (SSSR count). The first-order valence-electron chi connectivity index (χ1n) is 20.0. The summed E-state index contributed by atoms with van der Waals surface area (Å²) in [5, 5.41) is 2.36. The van der Waals surface area contributed by atoms with E-state index >= 15 is 0 Å². The van der Waals surface area contributed by atoms with Crippen molar-refractivity contribution in [2.24, 2.45) is 0 Å². The number of para-hydroxylation sites is 1. The molecule has 0 unspecified atom stereocenters. The highest BCUT2D eigenvalue weighted by atomic mass is 16.5. The number of anilines is 6. The Morgan fingerprint density at radius 1 is 0.431 bits per heavy atom. The molecule has 58 heavy (non-hydrogen) atoms. The van der Waals surface area contributed by atoms with Gasteiger partial charge in [-0.3, -0.25) is 0 Å². The SMILES string of the molecule is CC1(C)c2cccc3c2N(c2cccc(-c4cccc(N(c5ccc(-c6ccccc6)cc5)c5ccc(-c6ccccc6)cc5)c4)c21)c1c(ccc2ccccc12)O3. The standard InChI is InChI=1S/C55H40N2O/c1-55(2)48-23-13-25-50-54(48)57(53-47-21-10-9-18-41(47)30-35-51(53)58-50)49-24-12-22-46(52(49)55)42-19-11-20-45(36-42)56(43-31-26-39(27-32-43)37-14-5-3-6-15-37)44-33-28-40(29-34-44)38-16-7-4-8-17-38/h3-36H,1-2H3. The third-order valence-electron chi connectivity index (χ3n) is 12.0. The number of rotatable bonds is 6. The largest absolute Gasteiger partial charge is 0.453 e. The molecule has 3 heteroatoms. The Morgan fingerprint density at radius 2 is 1.00 bits per heavy atom. The Kier molecular flexibility index (Phi) is 7.84. The van der Waals surface area contributed by atoms with Gasteiger partial charge in [-0.2, -0.15) is 0 Å². The molecule has 0 aliphatic carbocycles. The van der Waals surface area contributed by atoms with E-state index in [2.05, 4.69) is 230 Å². The van der Waals surface area contributed by atoms with E-state index in [0.717, 1.165) is 39.9 Å². The van der Waals surface area contributed by atoms with Gasteiger partial charge in [0.05, 0.1) is 17.1 Å². The van der Waals surface area contributed by atoms with Crippen LogP contribution in [-0.2, 0) is 5.41 Å². The van der Waals surface area contributed by atoms with Crippen LogP contribution in [0.2, 0.25) is 0 Å². The van der Waals surface area contributed by atoms with E-state index in [1.807, 2.05) is 0 Å². The van der Waals surface area contributed by atoms with Crippen LogP contribution in [0, 0.1) is 0 Å². The predicted molar refractivity (Wildman–Crippen MR) is 242 cm³/mol. The molecule has 2 aliphatic rings. The summed E-state index contributed by atoms with van der Waals surface area (Å²) in [7, 11) is 0. The lowest BCUT2D eigenvalue weighted by atomic mass is 9.70. The summed E-state index contributed by atoms with van der Waals surface area (Å²) >= 11 is 0. The van der Waals surface area contributed by atoms with Crippen LogP contribution in [0.5, 0.6) is 11.5 Å². The average Bonchev–Trinajstić information content (AvgIpc) is 3.28. The molecule has 2 aliphatic heterocycles. The van der Waals surface area contributed by atoms with Crippen molar-refractivity contribution >= 4 is 44.9 Å². The topological polar surface area (TPSA) is 15.7 Å². The molecule has 0 radical (unpaired) electrons. The minimum Gasteiger partial charge on any atom is -0.453 e. The average molecular weight is 745 g/mol. The lowest BCUT2D eigenvalue weighted by Crippen LogP contribution is -2.33. The van der Waals surface area contributed by atoms with E-state index in [4.69, 9.17) is 4.74 Å². The van der Waals surface area contributed by atoms with Gasteiger partial charge in [0, 0.05) is 27.9 Å². The maximum Gasteiger partial charge on any atom is 0.152 e. The highest BCUT2D eigenvalue weighted by molar-refractivity contribution is 6.06. The third kappa shape index (κ3) is 5.43. The van der Waals surface area contributed by atoms with Gasteiger partial charge in [-0.15, -0.1) is 0 Å². The van der Waals surface area contributed by atoms with E-state index in [1.54, 1.807) is 0 Å². The zero-order valence-corrected chi connectivity index (χ0v) is 32.4. The lowest BCUT2D eigenvalue weighted by molar-refractivity contribution is 0.472. The molecular weight excluding hydrogens is 705 g/mol. The van der Waals surface area contributed by atoms with Crippen molar-refractivity contribution in [1.29, 1.82) is 0 Å². The van der Waals surface area contributed by atoms with Crippen LogP contribution in [-0.4, -0.2) is 0 Å². The second kappa shape index (κ2) is 13.4. The molecule has 0 saturated carbocycles. The Hall–Kier alpha value is -7.36. The van der Waals surface area contributed by atoms with E-state index in [-0.39, 0.29) is 5.41 Å². The number of ether oxygens (including phenoxy) is 1. The first-order chi connectivity index (χ1) is 28.5. The van der Waals surface area contributed by atoms with Gasteiger partial charge in [0.15, 0.2) is 11.5 Å². The second-order valence-electron chi connectivity index (χ2n) is 15.8. The summed E-state index contributed by atoms with van der Waals surface area (Å²) in [4.78, 5) is 4.84. The quantitative estimate of drug-likeness (QED) is 0.169. The molecule has 0 fully saturated rings. The van der Waals surface area contributed by atoms with Gasteiger partial charge in [0.2, 0.25) is 0 Å². The predicted octanol–water partition coefficient (Wildman–Crippen LogP) is 15.5. The zero-order valence-electron chi connectivity index (χ0n) is 32.4. The van der Waals surface area contributed by atoms with Crippen LogP contribution in [0.4, 0.5) is 34.1 Å². The molecule has 0 atom stereocenters. The molecule has 0 N–H and O–H groups in total. The molecule has 0 aromatic heterocycles. The monoisotopic (exact) mass is 744 g/mol. The van der Waals surface area contributed by atoms with Crippen LogP contribution < -0.4 is 14.5 Å². The maximum atomic E-state index is 6.70. The molecule has 9 aromatic carbocycles. The number of hydrogen-bond donors (Lipinski definition) is 0. The number of nitrogens with zero attached hydrogens (tertiary/aromatic N) is 2. The van der Waals surface area contributed by atoms with Crippen LogP contribution in [0.15, 0.2) is 206 Å². The minimum absolute atomic E-state index is 0.324. The highest BCUT2D eigenvalue weighted by Gasteiger charge is 2.43. The Balaban J connectivity index is 1.07. The fourth-order valence-corrected chi connectivity index (χ4v) is 9.24. The van der Waals surface area contributed by atoms with Gasteiger partial charge in [-0.25, -0.2) is 0 Å². The molecule has 0 bridgehead atoms. The van der Waals surface area contributed by atoms with E-state index in [9.17, 15) is 0 Å². The number of fused-ring (bicyclic) bond motifs is 6. The Labute approximate surface area is 339 Å². The molecule has 3 nitrogen and oxygen atoms in total. The van der Waals surface area contributed by atoms with Crippen molar-refractivity contribution in [2.45, 2.75) is 19.3 Å². The molecule has 0 saturated heterocycles. The third-order valence-corrected chi connectivity index (χ3v) is 12.0. The maximum absolute atomic E-state index is 6.70. The van der Waals surface area contributed by atoms with Gasteiger partial charge >= 0.3 is 0 Å². The van der Waals surface area contributed by atoms with E-state index in [0.29, 0.717) is 0 Å². The summed E-state index contributed by atoms with van der Waals surface area (Å²) in [5.74, 6) is 1.76. The first-order valence-corrected chi connectivity index (χ1v) is 20.0. The molecular formula is C55H40N2O. The smallest absolute Gasteiger partial charge is 0.152 e. The summed E-state index contributed by atoms with van der Waals surface area (Å²) in [6.07, 6.45) is 0.